The van der Waals surface area contributed by atoms with Crippen molar-refractivity contribution in [2.24, 2.45) is 0 Å². The van der Waals surface area contributed by atoms with Gasteiger partial charge in [0.25, 0.3) is 0 Å². The molecule has 1 aromatic carbocycles. The van der Waals surface area contributed by atoms with Gasteiger partial charge in [-0.3, -0.25) is 4.79 Å². The van der Waals surface area contributed by atoms with Crippen LogP contribution in [0.5, 0.6) is 0 Å². The minimum atomic E-state index is -0.234. The number of nitrogens with zero attached hydrogens (tertiary/aromatic N) is 3. The molecule has 0 bridgehead atoms. The van der Waals surface area contributed by atoms with Crippen LogP contribution in [0.2, 0.25) is 10.0 Å². The van der Waals surface area contributed by atoms with Crippen LogP contribution in [0.3, 0.4) is 0 Å². The number of aromatic amines is 1. The Balaban J connectivity index is 2.20. The Hall–Kier alpha value is -2.18. The molecule has 2 aromatic heterocycles. The number of halogens is 2. The summed E-state index contributed by atoms with van der Waals surface area (Å²) < 4.78 is 0. The lowest BCUT2D eigenvalue weighted by Crippen LogP contribution is -2.08. The average molecular weight is 322 g/mol. The molecule has 0 spiro atoms. The molecule has 3 aromatic rings. The van der Waals surface area contributed by atoms with Crippen LogP contribution >= 0.6 is 23.2 Å². The number of aromatic nitrogens is 4. The lowest BCUT2D eigenvalue weighted by atomic mass is 10.2. The summed E-state index contributed by atoms with van der Waals surface area (Å²) in [5, 5.41) is 3.55. The number of anilines is 1. The van der Waals surface area contributed by atoms with Crippen molar-refractivity contribution in [2.75, 3.05) is 5.32 Å². The molecule has 1 amide bonds. The first kappa shape index (κ1) is 13.8. The van der Waals surface area contributed by atoms with Gasteiger partial charge in [0.05, 0.1) is 15.6 Å². The van der Waals surface area contributed by atoms with Crippen molar-refractivity contribution in [3.63, 3.8) is 0 Å². The van der Waals surface area contributed by atoms with Gasteiger partial charge in [-0.05, 0) is 12.1 Å². The van der Waals surface area contributed by atoms with Gasteiger partial charge in [-0.2, -0.15) is 0 Å². The molecule has 0 atom stereocenters. The van der Waals surface area contributed by atoms with E-state index in [1.54, 1.807) is 18.2 Å². The van der Waals surface area contributed by atoms with E-state index >= 15 is 0 Å². The number of nitrogens with one attached hydrogen (secondary N) is 2. The lowest BCUT2D eigenvalue weighted by Gasteiger charge is -2.02. The molecule has 0 aliphatic carbocycles. The summed E-state index contributed by atoms with van der Waals surface area (Å²) >= 11 is 12.3. The first-order valence-corrected chi connectivity index (χ1v) is 6.74. The SMILES string of the molecule is CC(=O)Nc1ncnc2nc(-c3c(Cl)cccc3Cl)[nH]c12. The fraction of sp³-hybridized carbons (Fsp3) is 0.0769. The molecular formula is C13H9Cl2N5O. The van der Waals surface area contributed by atoms with Gasteiger partial charge in [-0.25, -0.2) is 15.0 Å². The van der Waals surface area contributed by atoms with Crippen molar-refractivity contribution in [2.45, 2.75) is 6.92 Å². The van der Waals surface area contributed by atoms with Crippen LogP contribution in [0.4, 0.5) is 5.82 Å². The number of imidazole rings is 1. The largest absolute Gasteiger partial charge is 0.333 e. The topological polar surface area (TPSA) is 83.6 Å². The Morgan fingerprint density at radius 1 is 1.24 bits per heavy atom. The molecule has 2 heterocycles. The van der Waals surface area contributed by atoms with Crippen LogP contribution in [0.15, 0.2) is 24.5 Å². The summed E-state index contributed by atoms with van der Waals surface area (Å²) in [6.07, 6.45) is 1.33. The Morgan fingerprint density at radius 2 is 1.95 bits per heavy atom. The van der Waals surface area contributed by atoms with Crippen LogP contribution in [0.1, 0.15) is 6.92 Å². The monoisotopic (exact) mass is 321 g/mol. The second-order valence-electron chi connectivity index (χ2n) is 4.28. The molecule has 8 heteroatoms. The molecule has 6 nitrogen and oxygen atoms in total. The molecule has 21 heavy (non-hydrogen) atoms. The summed E-state index contributed by atoms with van der Waals surface area (Å²) in [5.74, 6) is 0.587. The summed E-state index contributed by atoms with van der Waals surface area (Å²) in [4.78, 5) is 26.7. The number of fused-ring (bicyclic) bond motifs is 1. The number of hydrogen-bond donors (Lipinski definition) is 2. The Bertz CT molecular complexity index is 825. The number of carbonyl (C=O) groups is 1. The molecule has 2 N–H and O–H groups in total. The molecule has 0 radical (unpaired) electrons. The van der Waals surface area contributed by atoms with Crippen LogP contribution in [-0.4, -0.2) is 25.8 Å². The van der Waals surface area contributed by atoms with Gasteiger partial charge in [-0.15, -0.1) is 0 Å². The maximum Gasteiger partial charge on any atom is 0.222 e. The number of hydrogen-bond acceptors (Lipinski definition) is 4. The summed E-state index contributed by atoms with van der Waals surface area (Å²) in [6.45, 7) is 1.40. The molecule has 0 saturated heterocycles. The third kappa shape index (κ3) is 2.55. The predicted octanol–water partition coefficient (Wildman–Crippen LogP) is 3.29. The van der Waals surface area contributed by atoms with Crippen LogP contribution in [-0.2, 0) is 4.79 Å². The standard InChI is InChI=1S/C13H9Cl2N5O/c1-6(21)18-12-10-13(17-5-16-12)20-11(19-10)9-7(14)3-2-4-8(9)15/h2-5H,1H3,(H2,16,17,18,19,20,21). The van der Waals surface area contributed by atoms with E-state index in [1.165, 1.54) is 13.3 Å². The molecule has 3 rings (SSSR count). The first-order valence-electron chi connectivity index (χ1n) is 5.99. The Morgan fingerprint density at radius 3 is 2.62 bits per heavy atom. The first-order chi connectivity index (χ1) is 10.1. The van der Waals surface area contributed by atoms with Crippen LogP contribution in [0.25, 0.3) is 22.6 Å². The van der Waals surface area contributed by atoms with Crippen molar-refractivity contribution in [3.05, 3.63) is 34.6 Å². The highest BCUT2D eigenvalue weighted by Gasteiger charge is 2.15. The third-order valence-corrected chi connectivity index (χ3v) is 3.41. The van der Waals surface area contributed by atoms with E-state index in [0.717, 1.165) is 0 Å². The summed E-state index contributed by atoms with van der Waals surface area (Å²) in [6, 6.07) is 5.19. The number of rotatable bonds is 2. The zero-order valence-electron chi connectivity index (χ0n) is 10.8. The van der Waals surface area contributed by atoms with Gasteiger partial charge in [0.15, 0.2) is 11.5 Å². The molecular weight excluding hydrogens is 313 g/mol. The third-order valence-electron chi connectivity index (χ3n) is 2.78. The zero-order chi connectivity index (χ0) is 15.0. The minimum Gasteiger partial charge on any atom is -0.333 e. The van der Waals surface area contributed by atoms with Gasteiger partial charge in [0.2, 0.25) is 5.91 Å². The smallest absolute Gasteiger partial charge is 0.222 e. The van der Waals surface area contributed by atoms with E-state index in [9.17, 15) is 4.79 Å². The van der Waals surface area contributed by atoms with Crippen molar-refractivity contribution < 1.29 is 4.79 Å². The highest BCUT2D eigenvalue weighted by molar-refractivity contribution is 6.39. The highest BCUT2D eigenvalue weighted by Crippen LogP contribution is 2.34. The maximum absolute atomic E-state index is 11.2. The molecule has 106 valence electrons. The molecule has 0 unspecified atom stereocenters. The normalized spacial score (nSPS) is 10.8. The molecule has 0 aliphatic rings. The maximum atomic E-state index is 11.2. The Labute approximate surface area is 129 Å². The van der Waals surface area contributed by atoms with Crippen molar-refractivity contribution in [1.82, 2.24) is 19.9 Å². The van der Waals surface area contributed by atoms with Crippen LogP contribution < -0.4 is 5.32 Å². The lowest BCUT2D eigenvalue weighted by molar-refractivity contribution is -0.114. The van der Waals surface area contributed by atoms with Crippen molar-refractivity contribution >= 4 is 46.1 Å². The molecule has 0 fully saturated rings. The molecule has 0 saturated carbocycles. The summed E-state index contributed by atoms with van der Waals surface area (Å²) in [5.41, 5.74) is 1.51. The van der Waals surface area contributed by atoms with Crippen LogP contribution in [0, 0.1) is 0 Å². The van der Waals surface area contributed by atoms with Gasteiger partial charge in [0, 0.05) is 6.92 Å². The summed E-state index contributed by atoms with van der Waals surface area (Å²) in [7, 11) is 0. The molecule has 0 aliphatic heterocycles. The number of carbonyl (C=O) groups excluding carboxylic acids is 1. The zero-order valence-corrected chi connectivity index (χ0v) is 12.3. The quantitative estimate of drug-likeness (QED) is 0.758. The van der Waals surface area contributed by atoms with Gasteiger partial charge >= 0.3 is 0 Å². The van der Waals surface area contributed by atoms with E-state index < -0.39 is 0 Å². The predicted molar refractivity (Wildman–Crippen MR) is 81.4 cm³/mol. The minimum absolute atomic E-state index is 0.234. The second kappa shape index (κ2) is 5.31. The van der Waals surface area contributed by atoms with E-state index in [2.05, 4.69) is 25.3 Å². The Kier molecular flexibility index (Phi) is 3.48. The average Bonchev–Trinajstić information content (AvgIpc) is 2.82. The number of H-pyrrole nitrogens is 1. The number of amides is 1. The highest BCUT2D eigenvalue weighted by atomic mass is 35.5. The van der Waals surface area contributed by atoms with Crippen molar-refractivity contribution in [1.29, 1.82) is 0 Å². The van der Waals surface area contributed by atoms with E-state index in [-0.39, 0.29) is 5.91 Å². The van der Waals surface area contributed by atoms with Crippen molar-refractivity contribution in [3.8, 4) is 11.4 Å². The van der Waals surface area contributed by atoms with E-state index in [0.29, 0.717) is 38.4 Å². The fourth-order valence-corrected chi connectivity index (χ4v) is 2.51. The van der Waals surface area contributed by atoms with Gasteiger partial charge < -0.3 is 10.3 Å². The van der Waals surface area contributed by atoms with Gasteiger partial charge in [-0.1, -0.05) is 29.3 Å². The van der Waals surface area contributed by atoms with E-state index in [1.807, 2.05) is 0 Å². The number of benzene rings is 1. The van der Waals surface area contributed by atoms with E-state index in [4.69, 9.17) is 23.2 Å². The second-order valence-corrected chi connectivity index (χ2v) is 5.10. The van der Waals surface area contributed by atoms with Gasteiger partial charge in [0.1, 0.15) is 17.7 Å². The fourth-order valence-electron chi connectivity index (χ4n) is 1.93.